The second-order valence-corrected chi connectivity index (χ2v) is 6.36. The average Bonchev–Trinajstić information content (AvgIpc) is 2.38. The maximum Gasteiger partial charge on any atom is 0.0299 e. The number of rotatable bonds is 3. The van der Waals surface area contributed by atoms with E-state index in [-0.39, 0.29) is 11.5 Å². The Morgan fingerprint density at radius 3 is 1.89 bits per heavy atom. The van der Waals surface area contributed by atoms with Crippen LogP contribution in [0, 0.1) is 5.41 Å². The van der Waals surface area contributed by atoms with Crippen LogP contribution in [0.4, 0.5) is 0 Å². The molecule has 0 bridgehead atoms. The first-order chi connectivity index (χ1) is 8.96. The molecule has 0 saturated heterocycles. The summed E-state index contributed by atoms with van der Waals surface area (Å²) in [6.07, 6.45) is 0.998. The summed E-state index contributed by atoms with van der Waals surface area (Å²) < 4.78 is 0. The van der Waals surface area contributed by atoms with Crippen molar-refractivity contribution in [1.82, 2.24) is 0 Å². The highest BCUT2D eigenvalue weighted by Gasteiger charge is 2.16. The van der Waals surface area contributed by atoms with E-state index in [1.165, 1.54) is 16.7 Å². The van der Waals surface area contributed by atoms with Crippen molar-refractivity contribution >= 4 is 0 Å². The van der Waals surface area contributed by atoms with Gasteiger partial charge in [0.15, 0.2) is 0 Å². The van der Waals surface area contributed by atoms with E-state index in [0.717, 1.165) is 6.42 Å². The van der Waals surface area contributed by atoms with Crippen LogP contribution in [0.3, 0.4) is 0 Å². The van der Waals surface area contributed by atoms with E-state index in [1.807, 2.05) is 6.07 Å². The van der Waals surface area contributed by atoms with Crippen molar-refractivity contribution in [1.29, 1.82) is 0 Å². The smallest absolute Gasteiger partial charge is 0.0299 e. The molecule has 19 heavy (non-hydrogen) atoms. The Kier molecular flexibility index (Phi) is 4.06. The molecule has 0 aliphatic carbocycles. The third-order valence-electron chi connectivity index (χ3n) is 3.28. The minimum absolute atomic E-state index is 0.116. The summed E-state index contributed by atoms with van der Waals surface area (Å²) in [5, 5.41) is 0. The third-order valence-corrected chi connectivity index (χ3v) is 3.28. The molecular formula is C18H23N. The van der Waals surface area contributed by atoms with Gasteiger partial charge in [0, 0.05) is 6.04 Å². The van der Waals surface area contributed by atoms with Crippen LogP contribution in [-0.2, 0) is 0 Å². The summed E-state index contributed by atoms with van der Waals surface area (Å²) >= 11 is 0. The molecule has 1 unspecified atom stereocenters. The summed E-state index contributed by atoms with van der Waals surface area (Å²) in [6.45, 7) is 6.68. The van der Waals surface area contributed by atoms with Gasteiger partial charge in [0.25, 0.3) is 0 Å². The first-order valence-corrected chi connectivity index (χ1v) is 6.87. The van der Waals surface area contributed by atoms with Gasteiger partial charge in [-0.2, -0.15) is 0 Å². The van der Waals surface area contributed by atoms with Crippen molar-refractivity contribution in [2.24, 2.45) is 11.1 Å². The van der Waals surface area contributed by atoms with Crippen LogP contribution in [0.1, 0.15) is 38.8 Å². The lowest BCUT2D eigenvalue weighted by molar-refractivity contribution is 0.343. The maximum atomic E-state index is 6.27. The third kappa shape index (κ3) is 3.93. The fourth-order valence-electron chi connectivity index (χ4n) is 2.33. The van der Waals surface area contributed by atoms with Gasteiger partial charge < -0.3 is 5.73 Å². The van der Waals surface area contributed by atoms with Crippen molar-refractivity contribution in [2.75, 3.05) is 0 Å². The molecule has 100 valence electrons. The molecule has 0 spiro atoms. The molecule has 0 aliphatic rings. The van der Waals surface area contributed by atoms with Gasteiger partial charge in [-0.3, -0.25) is 0 Å². The second-order valence-electron chi connectivity index (χ2n) is 6.36. The zero-order valence-corrected chi connectivity index (χ0v) is 12.1. The van der Waals surface area contributed by atoms with E-state index in [1.54, 1.807) is 0 Å². The zero-order chi connectivity index (χ0) is 13.9. The number of benzene rings is 2. The molecule has 0 aromatic heterocycles. The lowest BCUT2D eigenvalue weighted by Crippen LogP contribution is -2.18. The highest BCUT2D eigenvalue weighted by Crippen LogP contribution is 2.29. The summed E-state index contributed by atoms with van der Waals surface area (Å²) in [5.41, 5.74) is 10.2. The number of nitrogens with two attached hydrogens (primary N) is 1. The van der Waals surface area contributed by atoms with Crippen LogP contribution < -0.4 is 5.73 Å². The first-order valence-electron chi connectivity index (χ1n) is 6.87. The minimum atomic E-state index is 0.116. The van der Waals surface area contributed by atoms with E-state index >= 15 is 0 Å². The highest BCUT2D eigenvalue weighted by atomic mass is 14.6. The Labute approximate surface area is 116 Å². The van der Waals surface area contributed by atoms with Crippen LogP contribution >= 0.6 is 0 Å². The molecule has 2 rings (SSSR count). The van der Waals surface area contributed by atoms with Crippen molar-refractivity contribution in [3.05, 3.63) is 60.2 Å². The van der Waals surface area contributed by atoms with Gasteiger partial charge in [-0.25, -0.2) is 0 Å². The molecule has 0 amide bonds. The molecule has 1 heteroatoms. The van der Waals surface area contributed by atoms with Crippen LogP contribution in [0.2, 0.25) is 0 Å². The summed E-state index contributed by atoms with van der Waals surface area (Å²) in [6, 6.07) is 19.2. The van der Waals surface area contributed by atoms with Crippen LogP contribution in [0.5, 0.6) is 0 Å². The molecule has 0 aliphatic heterocycles. The van der Waals surface area contributed by atoms with E-state index in [9.17, 15) is 0 Å². The van der Waals surface area contributed by atoms with Crippen molar-refractivity contribution in [2.45, 2.75) is 33.2 Å². The van der Waals surface area contributed by atoms with Gasteiger partial charge in [0.1, 0.15) is 0 Å². The van der Waals surface area contributed by atoms with Crippen molar-refractivity contribution in [3.63, 3.8) is 0 Å². The van der Waals surface area contributed by atoms with E-state index < -0.39 is 0 Å². The molecule has 0 saturated carbocycles. The molecule has 2 N–H and O–H groups in total. The fourth-order valence-corrected chi connectivity index (χ4v) is 2.33. The van der Waals surface area contributed by atoms with E-state index in [4.69, 9.17) is 5.73 Å². The van der Waals surface area contributed by atoms with Gasteiger partial charge in [-0.05, 0) is 28.5 Å². The average molecular weight is 253 g/mol. The highest BCUT2D eigenvalue weighted by molar-refractivity contribution is 5.63. The summed E-state index contributed by atoms with van der Waals surface area (Å²) in [5.74, 6) is 0. The van der Waals surface area contributed by atoms with Gasteiger partial charge in [0.05, 0.1) is 0 Å². The molecule has 1 nitrogen and oxygen atoms in total. The summed E-state index contributed by atoms with van der Waals surface area (Å²) in [4.78, 5) is 0. The Morgan fingerprint density at radius 1 is 0.842 bits per heavy atom. The lowest BCUT2D eigenvalue weighted by atomic mass is 9.85. The number of hydrogen-bond acceptors (Lipinski definition) is 1. The first kappa shape index (κ1) is 13.8. The SMILES string of the molecule is CC(C)(C)CC(N)c1ccc(-c2ccccc2)cc1. The predicted octanol–water partition coefficient (Wildman–Crippen LogP) is 4.79. The Morgan fingerprint density at radius 2 is 1.37 bits per heavy atom. The standard InChI is InChI=1S/C18H23N/c1-18(2,3)13-17(19)16-11-9-15(10-12-16)14-7-5-4-6-8-14/h4-12,17H,13,19H2,1-3H3. The van der Waals surface area contributed by atoms with Gasteiger partial charge in [-0.1, -0.05) is 75.4 Å². The second kappa shape index (κ2) is 5.58. The number of hydrogen-bond donors (Lipinski definition) is 1. The zero-order valence-electron chi connectivity index (χ0n) is 12.1. The van der Waals surface area contributed by atoms with Gasteiger partial charge in [-0.15, -0.1) is 0 Å². The fraction of sp³-hybridized carbons (Fsp3) is 0.333. The molecular weight excluding hydrogens is 230 g/mol. The van der Waals surface area contributed by atoms with Gasteiger partial charge in [0.2, 0.25) is 0 Å². The van der Waals surface area contributed by atoms with Crippen molar-refractivity contribution in [3.8, 4) is 11.1 Å². The van der Waals surface area contributed by atoms with Crippen LogP contribution in [-0.4, -0.2) is 0 Å². The lowest BCUT2D eigenvalue weighted by Gasteiger charge is -2.23. The predicted molar refractivity (Wildman–Crippen MR) is 82.9 cm³/mol. The topological polar surface area (TPSA) is 26.0 Å². The Balaban J connectivity index is 2.15. The van der Waals surface area contributed by atoms with E-state index in [0.29, 0.717) is 0 Å². The molecule has 0 radical (unpaired) electrons. The monoisotopic (exact) mass is 253 g/mol. The van der Waals surface area contributed by atoms with Crippen LogP contribution in [0.25, 0.3) is 11.1 Å². The van der Waals surface area contributed by atoms with Gasteiger partial charge >= 0.3 is 0 Å². The quantitative estimate of drug-likeness (QED) is 0.836. The van der Waals surface area contributed by atoms with Crippen LogP contribution in [0.15, 0.2) is 54.6 Å². The largest absolute Gasteiger partial charge is 0.324 e. The Bertz CT molecular complexity index is 506. The molecule has 2 aromatic rings. The summed E-state index contributed by atoms with van der Waals surface area (Å²) in [7, 11) is 0. The maximum absolute atomic E-state index is 6.27. The molecule has 0 fully saturated rings. The van der Waals surface area contributed by atoms with E-state index in [2.05, 4.69) is 69.3 Å². The molecule has 2 aromatic carbocycles. The molecule has 0 heterocycles. The normalized spacial score (nSPS) is 13.3. The molecule has 1 atom stereocenters. The Hall–Kier alpha value is -1.60. The minimum Gasteiger partial charge on any atom is -0.324 e. The van der Waals surface area contributed by atoms with Crippen molar-refractivity contribution < 1.29 is 0 Å².